The molecule has 1 saturated heterocycles. The molecule has 0 atom stereocenters. The molecule has 35 heavy (non-hydrogen) atoms. The van der Waals surface area contributed by atoms with Gasteiger partial charge in [0.1, 0.15) is 18.0 Å². The third kappa shape index (κ3) is 5.23. The number of carbonyl (C=O) groups excluding carboxylic acids is 2. The highest BCUT2D eigenvalue weighted by Crippen LogP contribution is 2.36. The molecule has 2 aromatic carbocycles. The summed E-state index contributed by atoms with van der Waals surface area (Å²) in [4.78, 5) is 37.2. The van der Waals surface area contributed by atoms with Crippen LogP contribution in [0.1, 0.15) is 44.9 Å². The van der Waals surface area contributed by atoms with Crippen molar-refractivity contribution in [3.63, 3.8) is 0 Å². The monoisotopic (exact) mass is 474 g/mol. The van der Waals surface area contributed by atoms with Gasteiger partial charge in [-0.25, -0.2) is 5.48 Å². The summed E-state index contributed by atoms with van der Waals surface area (Å²) in [7, 11) is 0. The Labute approximate surface area is 205 Å². The van der Waals surface area contributed by atoms with E-state index in [0.29, 0.717) is 42.6 Å². The molecule has 0 saturated carbocycles. The molecular weight excluding hydrogens is 444 g/mol. The third-order valence-corrected chi connectivity index (χ3v) is 6.48. The Hall–Kier alpha value is -3.62. The quantitative estimate of drug-likeness (QED) is 0.496. The van der Waals surface area contributed by atoms with Crippen molar-refractivity contribution in [3.05, 3.63) is 83.1 Å². The van der Waals surface area contributed by atoms with Gasteiger partial charge >= 0.3 is 0 Å². The molecule has 1 N–H and O–H groups in total. The molecule has 0 radical (unpaired) electrons. The number of aryl methyl sites for hydroxylation is 1. The van der Waals surface area contributed by atoms with Crippen LogP contribution in [0.25, 0.3) is 0 Å². The summed E-state index contributed by atoms with van der Waals surface area (Å²) < 4.78 is 5.91. The number of hydroxylamine groups is 1. The lowest BCUT2D eigenvalue weighted by atomic mass is 10.1. The van der Waals surface area contributed by atoms with Gasteiger partial charge < -0.3 is 14.2 Å². The van der Waals surface area contributed by atoms with Gasteiger partial charge in [0.05, 0.1) is 6.61 Å². The number of carbonyl (C=O) groups is 2. The molecule has 0 bridgehead atoms. The predicted molar refractivity (Wildman–Crippen MR) is 132 cm³/mol. The van der Waals surface area contributed by atoms with Gasteiger partial charge in [-0.2, -0.15) is 0 Å². The van der Waals surface area contributed by atoms with Crippen molar-refractivity contribution >= 4 is 23.4 Å². The second-order valence-corrected chi connectivity index (χ2v) is 9.02. The average molecular weight is 475 g/mol. The van der Waals surface area contributed by atoms with Crippen LogP contribution in [-0.4, -0.2) is 54.5 Å². The zero-order valence-corrected chi connectivity index (χ0v) is 19.9. The summed E-state index contributed by atoms with van der Waals surface area (Å²) in [5.41, 5.74) is 5.37. The van der Waals surface area contributed by atoms with Gasteiger partial charge in [0.15, 0.2) is 0 Å². The second-order valence-electron chi connectivity index (χ2n) is 9.02. The van der Waals surface area contributed by atoms with Gasteiger partial charge in [-0.1, -0.05) is 30.3 Å². The molecular formula is C27H30N4O4. The van der Waals surface area contributed by atoms with E-state index < -0.39 is 0 Å². The van der Waals surface area contributed by atoms with Crippen molar-refractivity contribution in [1.29, 1.82) is 0 Å². The van der Waals surface area contributed by atoms with Crippen molar-refractivity contribution in [2.45, 2.75) is 26.4 Å². The Balaban J connectivity index is 1.26. The van der Waals surface area contributed by atoms with Crippen LogP contribution in [0.3, 0.4) is 0 Å². The number of amides is 2. The fourth-order valence-corrected chi connectivity index (χ4v) is 4.58. The first-order valence-corrected chi connectivity index (χ1v) is 12.0. The highest BCUT2D eigenvalue weighted by molar-refractivity contribution is 6.01. The molecule has 0 unspecified atom stereocenters. The number of fused-ring (bicyclic) bond motifs is 1. The van der Waals surface area contributed by atoms with Crippen molar-refractivity contribution < 1.29 is 18.8 Å². The molecule has 8 nitrogen and oxygen atoms in total. The van der Waals surface area contributed by atoms with Gasteiger partial charge in [-0.15, -0.1) is 0 Å². The van der Waals surface area contributed by atoms with Crippen LogP contribution < -0.4 is 10.4 Å². The minimum absolute atomic E-state index is 0.00106. The smallest absolute Gasteiger partial charge is 0.274 e. The van der Waals surface area contributed by atoms with E-state index in [1.165, 1.54) is 12.8 Å². The summed E-state index contributed by atoms with van der Waals surface area (Å²) in [5.74, 6) is 0.927. The van der Waals surface area contributed by atoms with Crippen LogP contribution in [-0.2, 0) is 11.4 Å². The molecule has 8 heteroatoms. The number of furan rings is 1. The van der Waals surface area contributed by atoms with Crippen LogP contribution in [0.4, 0.5) is 11.6 Å². The second kappa shape index (κ2) is 10.3. The molecule has 3 heterocycles. The lowest BCUT2D eigenvalue weighted by Crippen LogP contribution is -2.47. The molecule has 1 aromatic heterocycles. The molecule has 1 fully saturated rings. The van der Waals surface area contributed by atoms with Crippen molar-refractivity contribution in [1.82, 2.24) is 15.3 Å². The lowest BCUT2D eigenvalue weighted by molar-refractivity contribution is 0.0233. The summed E-state index contributed by atoms with van der Waals surface area (Å²) in [6, 6.07) is 18.7. The molecule has 2 amide bonds. The van der Waals surface area contributed by atoms with Crippen LogP contribution >= 0.6 is 0 Å². The third-order valence-electron chi connectivity index (χ3n) is 6.48. The summed E-state index contributed by atoms with van der Waals surface area (Å²) in [5, 5.41) is 0. The first kappa shape index (κ1) is 23.1. The largest absolute Gasteiger partial charge is 0.445 e. The Bertz CT molecular complexity index is 1170. The Morgan fingerprint density at radius 2 is 1.77 bits per heavy atom. The maximum atomic E-state index is 13.1. The summed E-state index contributed by atoms with van der Waals surface area (Å²) in [6.45, 7) is 6.27. The van der Waals surface area contributed by atoms with E-state index in [1.807, 2.05) is 59.2 Å². The van der Waals surface area contributed by atoms with E-state index in [2.05, 4.69) is 10.4 Å². The highest BCUT2D eigenvalue weighted by Gasteiger charge is 2.33. The number of likely N-dealkylation sites (tertiary alicyclic amines) is 1. The predicted octanol–water partition coefficient (Wildman–Crippen LogP) is 4.10. The highest BCUT2D eigenvalue weighted by atomic mass is 16.6. The van der Waals surface area contributed by atoms with E-state index in [1.54, 1.807) is 18.2 Å². The summed E-state index contributed by atoms with van der Waals surface area (Å²) in [6.07, 6.45) is 2.45. The Kier molecular flexibility index (Phi) is 6.83. The molecule has 2 aliphatic heterocycles. The first-order valence-electron chi connectivity index (χ1n) is 12.0. The van der Waals surface area contributed by atoms with E-state index >= 15 is 0 Å². The van der Waals surface area contributed by atoms with Gasteiger partial charge in [0.25, 0.3) is 11.8 Å². The number of nitrogens with zero attached hydrogens (tertiary/aromatic N) is 3. The molecule has 3 aromatic rings. The molecule has 5 rings (SSSR count). The number of nitrogens with one attached hydrogen (secondary N) is 1. The zero-order chi connectivity index (χ0) is 24.2. The van der Waals surface area contributed by atoms with Gasteiger partial charge in [-0.3, -0.25) is 19.3 Å². The molecule has 0 aliphatic carbocycles. The lowest BCUT2D eigenvalue weighted by Gasteiger charge is -2.36. The Morgan fingerprint density at radius 3 is 2.51 bits per heavy atom. The van der Waals surface area contributed by atoms with Crippen LogP contribution in [0.15, 0.2) is 65.1 Å². The van der Waals surface area contributed by atoms with E-state index in [-0.39, 0.29) is 11.8 Å². The van der Waals surface area contributed by atoms with Crippen molar-refractivity contribution in [2.75, 3.05) is 37.7 Å². The van der Waals surface area contributed by atoms with Gasteiger partial charge in [0, 0.05) is 24.3 Å². The SMILES string of the molecule is Cc1cc2c(o1)N(c1ccc(C(=O)NOCc3ccccc3)cc1)CN(CCN1CCCC1)C2=O. The molecule has 182 valence electrons. The number of rotatable bonds is 8. The van der Waals surface area contributed by atoms with E-state index in [9.17, 15) is 9.59 Å². The van der Waals surface area contributed by atoms with Crippen molar-refractivity contribution in [2.24, 2.45) is 0 Å². The number of hydrogen-bond donors (Lipinski definition) is 1. The Morgan fingerprint density at radius 1 is 1.03 bits per heavy atom. The standard InChI is InChI=1S/C27H30N4O4/c1-20-17-24-26(33)30(16-15-29-13-5-6-14-29)19-31(27(24)35-20)23-11-9-22(10-12-23)25(32)28-34-18-21-7-3-2-4-8-21/h2-4,7-12,17H,5-6,13-16,18-19H2,1H3,(H,28,32). The minimum atomic E-state index is -0.317. The number of benzene rings is 2. The van der Waals surface area contributed by atoms with Gasteiger partial charge in [-0.05, 0) is 68.8 Å². The maximum absolute atomic E-state index is 13.1. The normalized spacial score (nSPS) is 16.0. The fraction of sp³-hybridized carbons (Fsp3) is 0.333. The molecule has 2 aliphatic rings. The van der Waals surface area contributed by atoms with E-state index in [0.717, 1.165) is 30.9 Å². The minimum Gasteiger partial charge on any atom is -0.445 e. The topological polar surface area (TPSA) is 78.3 Å². The summed E-state index contributed by atoms with van der Waals surface area (Å²) >= 11 is 0. The van der Waals surface area contributed by atoms with Crippen LogP contribution in [0.5, 0.6) is 0 Å². The molecule has 0 spiro atoms. The van der Waals surface area contributed by atoms with Crippen LogP contribution in [0, 0.1) is 6.92 Å². The van der Waals surface area contributed by atoms with Crippen molar-refractivity contribution in [3.8, 4) is 0 Å². The zero-order valence-electron chi connectivity index (χ0n) is 19.9. The van der Waals surface area contributed by atoms with Gasteiger partial charge in [0.2, 0.25) is 5.88 Å². The number of hydrogen-bond acceptors (Lipinski definition) is 6. The first-order chi connectivity index (χ1) is 17.1. The maximum Gasteiger partial charge on any atom is 0.274 e. The van der Waals surface area contributed by atoms with Crippen LogP contribution in [0.2, 0.25) is 0 Å². The number of anilines is 2. The fourth-order valence-electron chi connectivity index (χ4n) is 4.58. The van der Waals surface area contributed by atoms with E-state index in [4.69, 9.17) is 9.25 Å². The average Bonchev–Trinajstić information content (AvgIpc) is 3.54.